The lowest BCUT2D eigenvalue weighted by molar-refractivity contribution is 0.435. The van der Waals surface area contributed by atoms with Crippen molar-refractivity contribution in [2.75, 3.05) is 13.6 Å². The van der Waals surface area contributed by atoms with Crippen molar-refractivity contribution in [3.05, 3.63) is 0 Å². The van der Waals surface area contributed by atoms with Crippen LogP contribution in [0.2, 0.25) is 0 Å². The summed E-state index contributed by atoms with van der Waals surface area (Å²) in [6, 6.07) is 0. The summed E-state index contributed by atoms with van der Waals surface area (Å²) in [5.41, 5.74) is 0. The van der Waals surface area contributed by atoms with Crippen LogP contribution >= 0.6 is 0 Å². The molecule has 0 N–H and O–H groups in total. The molecule has 0 atom stereocenters. The van der Waals surface area contributed by atoms with Gasteiger partial charge in [-0.3, -0.25) is 0 Å². The third kappa shape index (κ3) is 2.70. The highest BCUT2D eigenvalue weighted by Gasteiger charge is 2.16. The largest absolute Gasteiger partial charge is 0.362 e. The zero-order chi connectivity index (χ0) is 9.90. The number of rotatable bonds is 1. The molecule has 1 fully saturated rings. The number of piperidine rings is 1. The monoisotopic (exact) mass is 201 g/mol. The van der Waals surface area contributed by atoms with E-state index in [-0.39, 0.29) is 0 Å². The first-order valence-corrected chi connectivity index (χ1v) is 5.45. The van der Waals surface area contributed by atoms with Gasteiger partial charge in [0.25, 0.3) is 0 Å². The van der Waals surface area contributed by atoms with Crippen LogP contribution in [0.5, 0.6) is 0 Å². The predicted octanol–water partition coefficient (Wildman–Crippen LogP) is 0.311. The highest BCUT2D eigenvalue weighted by molar-refractivity contribution is 7.94. The Kier molecular flexibility index (Phi) is 2.88. The third-order valence-corrected chi connectivity index (χ3v) is 2.61. The fourth-order valence-electron chi connectivity index (χ4n) is 1.23. The van der Waals surface area contributed by atoms with E-state index in [0.717, 1.165) is 19.4 Å². The minimum atomic E-state index is -3.90. The fourth-order valence-corrected chi connectivity index (χ4v) is 1.78. The van der Waals surface area contributed by atoms with Crippen molar-refractivity contribution >= 4 is 15.9 Å². The van der Waals surface area contributed by atoms with E-state index < -0.39 is 10.0 Å². The molecule has 0 saturated carbocycles. The molecule has 1 aliphatic heterocycles. The summed E-state index contributed by atoms with van der Waals surface area (Å²) in [6.45, 7) is 0.805. The molecule has 0 aromatic heterocycles. The molecule has 1 saturated heterocycles. The van der Waals surface area contributed by atoms with Gasteiger partial charge in [0.2, 0.25) is 5.40 Å². The topological polar surface area (TPSA) is 73.5 Å². The molecule has 5 nitrogen and oxygen atoms in total. The molecule has 0 aromatic carbocycles. The van der Waals surface area contributed by atoms with Crippen molar-refractivity contribution < 1.29 is 8.42 Å². The van der Waals surface area contributed by atoms with Crippen LogP contribution in [-0.2, 0) is 10.0 Å². The summed E-state index contributed by atoms with van der Waals surface area (Å²) in [7, 11) is -2.12. The lowest BCUT2D eigenvalue weighted by Crippen LogP contribution is -2.32. The van der Waals surface area contributed by atoms with Crippen LogP contribution in [-0.4, -0.2) is 32.7 Å². The summed E-state index contributed by atoms with van der Waals surface area (Å²) in [5.74, 6) is 0.493. The average Bonchev–Trinajstić information content (AvgIpc) is 2.09. The molecular formula is C7H11N3O2S. The van der Waals surface area contributed by atoms with E-state index >= 15 is 0 Å². The number of hydrogen-bond donors (Lipinski definition) is 0. The second kappa shape index (κ2) is 3.75. The average molecular weight is 201 g/mol. The fraction of sp³-hybridized carbons (Fsp3) is 0.714. The first-order chi connectivity index (χ1) is 6.05. The summed E-state index contributed by atoms with van der Waals surface area (Å²) in [5, 5.41) is 9.41. The number of sulfonamides is 1. The minimum Gasteiger partial charge on any atom is -0.362 e. The zero-order valence-electron chi connectivity index (χ0n) is 7.39. The second-order valence-corrected chi connectivity index (χ2v) is 4.27. The van der Waals surface area contributed by atoms with Gasteiger partial charge >= 0.3 is 10.0 Å². The third-order valence-electron chi connectivity index (χ3n) is 1.93. The highest BCUT2D eigenvalue weighted by Crippen LogP contribution is 2.11. The van der Waals surface area contributed by atoms with E-state index in [9.17, 15) is 8.42 Å². The summed E-state index contributed by atoms with van der Waals surface area (Å²) in [4.78, 5) is 1.78. The minimum absolute atomic E-state index is 0.493. The van der Waals surface area contributed by atoms with Crippen LogP contribution in [0.1, 0.15) is 19.3 Å². The molecule has 1 rings (SSSR count). The lowest BCUT2D eigenvalue weighted by Gasteiger charge is -2.25. The molecule has 0 amide bonds. The van der Waals surface area contributed by atoms with Crippen LogP contribution in [0.25, 0.3) is 0 Å². The van der Waals surface area contributed by atoms with Crippen molar-refractivity contribution in [3.63, 3.8) is 0 Å². The van der Waals surface area contributed by atoms with Gasteiger partial charge in [-0.15, -0.1) is 4.40 Å². The normalized spacial score (nSPS) is 21.5. The van der Waals surface area contributed by atoms with Crippen LogP contribution < -0.4 is 0 Å². The molecule has 0 aromatic rings. The molecule has 0 radical (unpaired) electrons. The molecule has 13 heavy (non-hydrogen) atoms. The summed E-state index contributed by atoms with van der Waals surface area (Å²) >= 11 is 0. The maximum absolute atomic E-state index is 10.8. The van der Waals surface area contributed by atoms with E-state index in [1.807, 2.05) is 0 Å². The molecule has 0 bridgehead atoms. The van der Waals surface area contributed by atoms with Gasteiger partial charge in [-0.2, -0.15) is 13.7 Å². The summed E-state index contributed by atoms with van der Waals surface area (Å²) < 4.78 is 25.1. The Labute approximate surface area is 77.7 Å². The van der Waals surface area contributed by atoms with Gasteiger partial charge in [-0.1, -0.05) is 0 Å². The molecule has 0 spiro atoms. The summed E-state index contributed by atoms with van der Waals surface area (Å²) in [6.07, 6.45) is 2.61. The highest BCUT2D eigenvalue weighted by atomic mass is 32.2. The van der Waals surface area contributed by atoms with Gasteiger partial charge in [0.15, 0.2) is 0 Å². The van der Waals surface area contributed by atoms with Gasteiger partial charge in [0, 0.05) is 20.0 Å². The van der Waals surface area contributed by atoms with Crippen LogP contribution in [0, 0.1) is 10.7 Å². The smallest absolute Gasteiger partial charge is 0.348 e. The molecule has 0 aliphatic carbocycles. The number of thiocyanates is 1. The van der Waals surface area contributed by atoms with Crippen molar-refractivity contribution in [3.8, 4) is 5.40 Å². The van der Waals surface area contributed by atoms with Crippen LogP contribution in [0.3, 0.4) is 0 Å². The standard InChI is InChI=1S/C7H11N3O2S/c1-10-5-3-2-4-7(10)9-13(11,12)6-8/h2-5H2,1H3/b9-7+. The van der Waals surface area contributed by atoms with Crippen LogP contribution in [0.15, 0.2) is 4.40 Å². The van der Waals surface area contributed by atoms with Gasteiger partial charge in [-0.05, 0) is 12.8 Å². The van der Waals surface area contributed by atoms with E-state index in [1.54, 1.807) is 11.9 Å². The Morgan fingerprint density at radius 2 is 2.23 bits per heavy atom. The van der Waals surface area contributed by atoms with Crippen molar-refractivity contribution in [1.29, 1.82) is 5.26 Å². The van der Waals surface area contributed by atoms with Gasteiger partial charge in [0.1, 0.15) is 5.84 Å². The molecule has 1 aliphatic rings. The maximum atomic E-state index is 10.8. The maximum Gasteiger partial charge on any atom is 0.348 e. The Morgan fingerprint density at radius 3 is 2.77 bits per heavy atom. The number of nitriles is 1. The molecule has 6 heteroatoms. The van der Waals surface area contributed by atoms with Crippen LogP contribution in [0.4, 0.5) is 0 Å². The molecular weight excluding hydrogens is 190 g/mol. The second-order valence-electron chi connectivity index (χ2n) is 2.95. The Hall–Kier alpha value is -1.09. The van der Waals surface area contributed by atoms with E-state index in [4.69, 9.17) is 5.26 Å². The number of amidine groups is 1. The van der Waals surface area contributed by atoms with E-state index in [0.29, 0.717) is 12.3 Å². The number of nitrogens with zero attached hydrogens (tertiary/aromatic N) is 3. The first-order valence-electron chi connectivity index (χ1n) is 4.01. The Morgan fingerprint density at radius 1 is 1.54 bits per heavy atom. The van der Waals surface area contributed by atoms with E-state index in [2.05, 4.69) is 4.40 Å². The zero-order valence-corrected chi connectivity index (χ0v) is 8.21. The predicted molar refractivity (Wildman–Crippen MR) is 48.4 cm³/mol. The number of likely N-dealkylation sites (tertiary alicyclic amines) is 1. The van der Waals surface area contributed by atoms with Crippen molar-refractivity contribution in [2.45, 2.75) is 19.3 Å². The van der Waals surface area contributed by atoms with Gasteiger partial charge in [-0.25, -0.2) is 0 Å². The van der Waals surface area contributed by atoms with Gasteiger partial charge in [0.05, 0.1) is 0 Å². The SMILES string of the molecule is CN1CCCC/C1=N\S(=O)(=O)C#N. The Balaban J connectivity index is 2.88. The first kappa shape index (κ1) is 9.99. The Bertz CT molecular complexity index is 352. The van der Waals surface area contributed by atoms with Crippen molar-refractivity contribution in [1.82, 2.24) is 4.90 Å². The molecule has 1 heterocycles. The van der Waals surface area contributed by atoms with E-state index in [1.165, 1.54) is 5.40 Å². The van der Waals surface area contributed by atoms with Crippen molar-refractivity contribution in [2.24, 2.45) is 4.40 Å². The molecule has 0 unspecified atom stereocenters. The molecule has 72 valence electrons. The quantitative estimate of drug-likeness (QED) is 0.452. The van der Waals surface area contributed by atoms with Gasteiger partial charge < -0.3 is 4.90 Å². The number of hydrogen-bond acceptors (Lipinski definition) is 3. The lowest BCUT2D eigenvalue weighted by atomic mass is 10.1.